The molecule has 1 saturated heterocycles. The molecule has 25 heavy (non-hydrogen) atoms. The molecular formula is C19H28N4O2. The van der Waals surface area contributed by atoms with Crippen LogP contribution in [0.1, 0.15) is 42.6 Å². The highest BCUT2D eigenvalue weighted by Gasteiger charge is 2.34. The first-order chi connectivity index (χ1) is 12.0. The third-order valence-corrected chi connectivity index (χ3v) is 4.99. The van der Waals surface area contributed by atoms with E-state index in [9.17, 15) is 4.79 Å². The molecule has 2 aromatic rings. The lowest BCUT2D eigenvalue weighted by atomic mass is 9.98. The highest BCUT2D eigenvalue weighted by Crippen LogP contribution is 2.22. The molecule has 6 heteroatoms. The Labute approximate surface area is 149 Å². The summed E-state index contributed by atoms with van der Waals surface area (Å²) >= 11 is 0. The van der Waals surface area contributed by atoms with Gasteiger partial charge in [0.1, 0.15) is 5.76 Å². The molecule has 1 amide bonds. The van der Waals surface area contributed by atoms with E-state index in [1.54, 1.807) is 6.26 Å². The number of nitrogens with zero attached hydrogens (tertiary/aromatic N) is 4. The first-order valence-electron chi connectivity index (χ1n) is 9.09. The number of carbonyl (C=O) groups is 1. The van der Waals surface area contributed by atoms with Crippen molar-refractivity contribution in [3.05, 3.63) is 41.6 Å². The lowest BCUT2D eigenvalue weighted by Crippen LogP contribution is -2.56. The SMILES string of the molecule is CCn1cc(C(=O)N2CCN(Cc3ccco3)C[C@@H]2C(C)C)c(C)n1. The second-order valence-corrected chi connectivity index (χ2v) is 7.11. The van der Waals surface area contributed by atoms with Crippen LogP contribution < -0.4 is 0 Å². The van der Waals surface area contributed by atoms with E-state index in [0.29, 0.717) is 5.92 Å². The predicted octanol–water partition coefficient (Wildman–Crippen LogP) is 2.79. The second-order valence-electron chi connectivity index (χ2n) is 7.11. The van der Waals surface area contributed by atoms with Gasteiger partial charge in [0, 0.05) is 38.4 Å². The van der Waals surface area contributed by atoms with E-state index in [-0.39, 0.29) is 11.9 Å². The fraction of sp³-hybridized carbons (Fsp3) is 0.579. The van der Waals surface area contributed by atoms with E-state index < -0.39 is 0 Å². The van der Waals surface area contributed by atoms with Crippen LogP contribution >= 0.6 is 0 Å². The number of aryl methyl sites for hydroxylation is 2. The lowest BCUT2D eigenvalue weighted by molar-refractivity contribution is 0.0313. The molecule has 1 aliphatic rings. The Hall–Kier alpha value is -2.08. The van der Waals surface area contributed by atoms with Gasteiger partial charge >= 0.3 is 0 Å². The summed E-state index contributed by atoms with van der Waals surface area (Å²) in [5, 5.41) is 4.43. The maximum absolute atomic E-state index is 13.1. The van der Waals surface area contributed by atoms with Gasteiger partial charge < -0.3 is 9.32 Å². The second kappa shape index (κ2) is 7.44. The van der Waals surface area contributed by atoms with Crippen molar-refractivity contribution in [2.75, 3.05) is 19.6 Å². The number of aromatic nitrogens is 2. The Morgan fingerprint density at radius 3 is 2.80 bits per heavy atom. The molecule has 0 aliphatic carbocycles. The van der Waals surface area contributed by atoms with Crippen LogP contribution in [0.15, 0.2) is 29.0 Å². The number of amides is 1. The van der Waals surface area contributed by atoms with Gasteiger partial charge in [0.25, 0.3) is 5.91 Å². The maximum atomic E-state index is 13.1. The first-order valence-corrected chi connectivity index (χ1v) is 9.09. The zero-order valence-electron chi connectivity index (χ0n) is 15.6. The molecule has 0 radical (unpaired) electrons. The summed E-state index contributed by atoms with van der Waals surface area (Å²) in [6.45, 7) is 12.3. The van der Waals surface area contributed by atoms with E-state index in [2.05, 4.69) is 23.8 Å². The fourth-order valence-corrected chi connectivity index (χ4v) is 3.50. The maximum Gasteiger partial charge on any atom is 0.257 e. The van der Waals surface area contributed by atoms with Crippen molar-refractivity contribution in [2.45, 2.75) is 46.8 Å². The van der Waals surface area contributed by atoms with Crippen LogP contribution in [-0.4, -0.2) is 51.2 Å². The zero-order chi connectivity index (χ0) is 18.0. The molecule has 0 aromatic carbocycles. The van der Waals surface area contributed by atoms with Gasteiger partial charge in [-0.05, 0) is 31.9 Å². The first kappa shape index (κ1) is 17.7. The van der Waals surface area contributed by atoms with Crippen LogP contribution in [0.4, 0.5) is 0 Å². The molecule has 6 nitrogen and oxygen atoms in total. The van der Waals surface area contributed by atoms with Gasteiger partial charge in [-0.1, -0.05) is 13.8 Å². The van der Waals surface area contributed by atoms with Crippen LogP contribution in [-0.2, 0) is 13.1 Å². The molecule has 0 unspecified atom stereocenters. The van der Waals surface area contributed by atoms with Gasteiger partial charge in [-0.3, -0.25) is 14.4 Å². The summed E-state index contributed by atoms with van der Waals surface area (Å²) in [4.78, 5) is 17.5. The summed E-state index contributed by atoms with van der Waals surface area (Å²) in [5.74, 6) is 1.47. The third-order valence-electron chi connectivity index (χ3n) is 4.99. The van der Waals surface area contributed by atoms with Crippen LogP contribution in [0.3, 0.4) is 0 Å². The number of carbonyl (C=O) groups excluding carboxylic acids is 1. The van der Waals surface area contributed by atoms with Gasteiger partial charge in [0.15, 0.2) is 0 Å². The van der Waals surface area contributed by atoms with E-state index in [1.807, 2.05) is 41.8 Å². The lowest BCUT2D eigenvalue weighted by Gasteiger charge is -2.43. The molecule has 1 fully saturated rings. The van der Waals surface area contributed by atoms with Gasteiger partial charge in [-0.2, -0.15) is 5.10 Å². The Kier molecular flexibility index (Phi) is 5.27. The normalized spacial score (nSPS) is 18.9. The Morgan fingerprint density at radius 1 is 1.40 bits per heavy atom. The van der Waals surface area contributed by atoms with Crippen molar-refractivity contribution < 1.29 is 9.21 Å². The average molecular weight is 344 g/mol. The summed E-state index contributed by atoms with van der Waals surface area (Å²) in [5.41, 5.74) is 1.54. The van der Waals surface area contributed by atoms with Crippen LogP contribution in [0, 0.1) is 12.8 Å². The standard InChI is InChI=1S/C19H28N4O2/c1-5-22-12-17(15(4)20-22)19(24)23-9-8-21(13-18(23)14(2)3)11-16-7-6-10-25-16/h6-7,10,12,14,18H,5,8-9,11,13H2,1-4H3/t18-/m1/s1. The van der Waals surface area contributed by atoms with Crippen molar-refractivity contribution in [1.82, 2.24) is 19.6 Å². The molecule has 3 rings (SSSR count). The number of hydrogen-bond donors (Lipinski definition) is 0. The molecule has 136 valence electrons. The van der Waals surface area contributed by atoms with Crippen molar-refractivity contribution in [3.8, 4) is 0 Å². The average Bonchev–Trinajstić information content (AvgIpc) is 3.23. The van der Waals surface area contributed by atoms with Crippen LogP contribution in [0.5, 0.6) is 0 Å². The summed E-state index contributed by atoms with van der Waals surface area (Å²) in [7, 11) is 0. The van der Waals surface area contributed by atoms with E-state index in [4.69, 9.17) is 4.42 Å². The molecule has 0 N–H and O–H groups in total. The van der Waals surface area contributed by atoms with Gasteiger partial charge in [-0.25, -0.2) is 0 Å². The Bertz CT molecular complexity index is 705. The van der Waals surface area contributed by atoms with Gasteiger partial charge in [0.2, 0.25) is 0 Å². The van der Waals surface area contributed by atoms with Crippen molar-refractivity contribution in [1.29, 1.82) is 0 Å². The molecule has 3 heterocycles. The third kappa shape index (κ3) is 3.79. The number of furan rings is 1. The zero-order valence-corrected chi connectivity index (χ0v) is 15.6. The van der Waals surface area contributed by atoms with Gasteiger partial charge in [0.05, 0.1) is 24.1 Å². The van der Waals surface area contributed by atoms with Crippen LogP contribution in [0.2, 0.25) is 0 Å². The molecule has 1 atom stereocenters. The highest BCUT2D eigenvalue weighted by molar-refractivity contribution is 5.95. The topological polar surface area (TPSA) is 54.5 Å². The fourth-order valence-electron chi connectivity index (χ4n) is 3.50. The number of hydrogen-bond acceptors (Lipinski definition) is 4. The minimum absolute atomic E-state index is 0.105. The summed E-state index contributed by atoms with van der Waals surface area (Å²) in [6.07, 6.45) is 3.59. The molecule has 0 saturated carbocycles. The van der Waals surface area contributed by atoms with Crippen LogP contribution in [0.25, 0.3) is 0 Å². The largest absolute Gasteiger partial charge is 0.468 e. The summed E-state index contributed by atoms with van der Waals surface area (Å²) in [6, 6.07) is 4.12. The summed E-state index contributed by atoms with van der Waals surface area (Å²) < 4.78 is 7.31. The molecule has 2 aromatic heterocycles. The number of piperazine rings is 1. The predicted molar refractivity (Wildman–Crippen MR) is 96.3 cm³/mol. The smallest absolute Gasteiger partial charge is 0.257 e. The molecular weight excluding hydrogens is 316 g/mol. The molecule has 0 bridgehead atoms. The van der Waals surface area contributed by atoms with Crippen molar-refractivity contribution in [3.63, 3.8) is 0 Å². The Balaban J connectivity index is 1.74. The Morgan fingerprint density at radius 2 is 2.20 bits per heavy atom. The van der Waals surface area contributed by atoms with E-state index in [0.717, 1.165) is 49.7 Å². The van der Waals surface area contributed by atoms with Crippen molar-refractivity contribution in [2.24, 2.45) is 5.92 Å². The highest BCUT2D eigenvalue weighted by atomic mass is 16.3. The molecule has 0 spiro atoms. The minimum atomic E-state index is 0.105. The van der Waals surface area contributed by atoms with E-state index >= 15 is 0 Å². The minimum Gasteiger partial charge on any atom is -0.468 e. The number of rotatable bonds is 5. The quantitative estimate of drug-likeness (QED) is 0.837. The molecule has 1 aliphatic heterocycles. The van der Waals surface area contributed by atoms with E-state index in [1.165, 1.54) is 0 Å². The monoisotopic (exact) mass is 344 g/mol. The van der Waals surface area contributed by atoms with Gasteiger partial charge in [-0.15, -0.1) is 0 Å². The van der Waals surface area contributed by atoms with Crippen molar-refractivity contribution >= 4 is 5.91 Å².